The van der Waals surface area contributed by atoms with Crippen LogP contribution < -0.4 is 10.1 Å². The molecule has 0 radical (unpaired) electrons. The minimum Gasteiger partial charge on any atom is -0.492 e. The number of halogens is 1. The quantitative estimate of drug-likeness (QED) is 0.920. The van der Waals surface area contributed by atoms with Crippen molar-refractivity contribution in [1.82, 2.24) is 14.9 Å². The van der Waals surface area contributed by atoms with Crippen LogP contribution in [-0.4, -0.2) is 22.7 Å². The molecule has 1 N–H and O–H groups in total. The number of aryl methyl sites for hydroxylation is 1. The van der Waals surface area contributed by atoms with E-state index in [-0.39, 0.29) is 0 Å². The second kappa shape index (κ2) is 6.62. The van der Waals surface area contributed by atoms with Gasteiger partial charge in [-0.1, -0.05) is 12.1 Å². The number of aromatic nitrogens is 2. The lowest BCUT2D eigenvalue weighted by Gasteiger charge is -2.19. The zero-order valence-electron chi connectivity index (χ0n) is 12.2. The fourth-order valence-corrected chi connectivity index (χ4v) is 3.28. The molecule has 1 atom stereocenters. The van der Waals surface area contributed by atoms with Gasteiger partial charge in [0, 0.05) is 43.5 Å². The Morgan fingerprint density at radius 3 is 3.19 bits per heavy atom. The summed E-state index contributed by atoms with van der Waals surface area (Å²) in [7, 11) is 2.04. The van der Waals surface area contributed by atoms with Crippen LogP contribution in [0.2, 0.25) is 0 Å². The van der Waals surface area contributed by atoms with Crippen LogP contribution in [0.15, 0.2) is 35.2 Å². The molecule has 0 fully saturated rings. The van der Waals surface area contributed by atoms with Crippen LogP contribution >= 0.6 is 15.9 Å². The molecule has 0 amide bonds. The third-order valence-corrected chi connectivity index (χ3v) is 4.57. The third-order valence-electron chi connectivity index (χ3n) is 3.94. The summed E-state index contributed by atoms with van der Waals surface area (Å²) in [6, 6.07) is 6.63. The molecule has 0 saturated heterocycles. The lowest BCUT2D eigenvalue weighted by molar-refractivity contribution is 0.313. The van der Waals surface area contributed by atoms with E-state index >= 15 is 0 Å². The van der Waals surface area contributed by atoms with E-state index in [0.717, 1.165) is 42.6 Å². The molecule has 4 nitrogen and oxygen atoms in total. The maximum Gasteiger partial charge on any atom is 0.138 e. The van der Waals surface area contributed by atoms with Crippen LogP contribution in [0, 0.1) is 0 Å². The molecule has 1 aliphatic rings. The Hall–Kier alpha value is -1.33. The lowest BCUT2D eigenvalue weighted by Crippen LogP contribution is -2.24. The van der Waals surface area contributed by atoms with Crippen LogP contribution in [0.25, 0.3) is 0 Å². The highest BCUT2D eigenvalue weighted by Crippen LogP contribution is 2.36. The van der Waals surface area contributed by atoms with Crippen molar-refractivity contribution in [1.29, 1.82) is 0 Å². The molecule has 0 bridgehead atoms. The van der Waals surface area contributed by atoms with Crippen molar-refractivity contribution < 1.29 is 4.74 Å². The molecule has 21 heavy (non-hydrogen) atoms. The minimum atomic E-state index is 0.355. The second-order valence-corrected chi connectivity index (χ2v) is 6.26. The van der Waals surface area contributed by atoms with Crippen molar-refractivity contribution in [2.24, 2.45) is 7.05 Å². The number of hydrogen-bond donors (Lipinski definition) is 1. The fraction of sp³-hybridized carbons (Fsp3) is 0.438. The number of fused-ring (bicyclic) bond motifs is 1. The summed E-state index contributed by atoms with van der Waals surface area (Å²) < 4.78 is 8.99. The summed E-state index contributed by atoms with van der Waals surface area (Å²) in [5, 5.41) is 3.67. The van der Waals surface area contributed by atoms with Gasteiger partial charge in [-0.05, 0) is 34.8 Å². The number of benzene rings is 1. The monoisotopic (exact) mass is 349 g/mol. The van der Waals surface area contributed by atoms with Gasteiger partial charge in [-0.2, -0.15) is 0 Å². The van der Waals surface area contributed by atoms with Crippen molar-refractivity contribution in [2.75, 3.05) is 13.2 Å². The molecule has 2 heterocycles. The van der Waals surface area contributed by atoms with E-state index in [1.54, 1.807) is 0 Å². The molecular formula is C16H20BrN3O. The van der Waals surface area contributed by atoms with E-state index in [1.807, 2.05) is 25.6 Å². The van der Waals surface area contributed by atoms with E-state index < -0.39 is 0 Å². The van der Waals surface area contributed by atoms with Crippen molar-refractivity contribution in [2.45, 2.75) is 25.3 Å². The molecule has 0 spiro atoms. The first-order chi connectivity index (χ1) is 10.3. The highest BCUT2D eigenvalue weighted by Gasteiger charge is 2.20. The van der Waals surface area contributed by atoms with Gasteiger partial charge in [0.1, 0.15) is 5.75 Å². The second-order valence-electron chi connectivity index (χ2n) is 5.40. The van der Waals surface area contributed by atoms with Crippen molar-refractivity contribution in [3.05, 3.63) is 46.5 Å². The number of nitrogens with one attached hydrogen (secondary N) is 1. The average Bonchev–Trinajstić information content (AvgIpc) is 2.76. The van der Waals surface area contributed by atoms with Gasteiger partial charge in [0.2, 0.25) is 0 Å². The molecule has 0 saturated carbocycles. The summed E-state index contributed by atoms with van der Waals surface area (Å²) in [6.07, 6.45) is 6.94. The topological polar surface area (TPSA) is 39.1 Å². The van der Waals surface area contributed by atoms with Gasteiger partial charge in [0.05, 0.1) is 17.4 Å². The fourth-order valence-electron chi connectivity index (χ4n) is 2.78. The SMILES string of the molecule is Cn1cncc1CCN[C@H]1CCCOc2c(Br)cccc21. The number of ether oxygens (including phenoxy) is 1. The number of hydrogen-bond acceptors (Lipinski definition) is 3. The minimum absolute atomic E-state index is 0.355. The van der Waals surface area contributed by atoms with Gasteiger partial charge >= 0.3 is 0 Å². The number of rotatable bonds is 4. The average molecular weight is 350 g/mol. The Morgan fingerprint density at radius 1 is 1.48 bits per heavy atom. The number of para-hydroxylation sites is 1. The Balaban J connectivity index is 1.68. The zero-order chi connectivity index (χ0) is 14.7. The van der Waals surface area contributed by atoms with Gasteiger partial charge in [-0.25, -0.2) is 4.98 Å². The Labute approximate surface area is 133 Å². The molecular weight excluding hydrogens is 330 g/mol. The van der Waals surface area contributed by atoms with Crippen LogP contribution in [0.3, 0.4) is 0 Å². The van der Waals surface area contributed by atoms with E-state index in [1.165, 1.54) is 11.3 Å². The number of nitrogens with zero attached hydrogens (tertiary/aromatic N) is 2. The normalized spacial score (nSPS) is 17.9. The summed E-state index contributed by atoms with van der Waals surface area (Å²) in [5.41, 5.74) is 2.51. The first-order valence-corrected chi connectivity index (χ1v) is 8.15. The van der Waals surface area contributed by atoms with Crippen LogP contribution in [-0.2, 0) is 13.5 Å². The molecule has 5 heteroatoms. The number of imidazole rings is 1. The maximum atomic E-state index is 5.88. The van der Waals surface area contributed by atoms with Crippen LogP contribution in [0.4, 0.5) is 0 Å². The molecule has 1 aromatic heterocycles. The highest BCUT2D eigenvalue weighted by atomic mass is 79.9. The lowest BCUT2D eigenvalue weighted by atomic mass is 10.0. The summed E-state index contributed by atoms with van der Waals surface area (Å²) in [5.74, 6) is 0.994. The molecule has 3 rings (SSSR count). The van der Waals surface area contributed by atoms with E-state index in [0.29, 0.717) is 6.04 Å². The standard InChI is InChI=1S/C16H20BrN3O/c1-20-11-18-10-12(20)7-8-19-15-6-3-9-21-16-13(15)4-2-5-14(16)17/h2,4-5,10-11,15,19H,3,6-9H2,1H3/t15-/m0/s1. The highest BCUT2D eigenvalue weighted by molar-refractivity contribution is 9.10. The van der Waals surface area contributed by atoms with E-state index in [4.69, 9.17) is 4.74 Å². The summed E-state index contributed by atoms with van der Waals surface area (Å²) in [4.78, 5) is 4.16. The molecule has 112 valence electrons. The maximum absolute atomic E-state index is 5.88. The predicted molar refractivity (Wildman–Crippen MR) is 86.5 cm³/mol. The van der Waals surface area contributed by atoms with Gasteiger partial charge in [-0.15, -0.1) is 0 Å². The molecule has 0 aliphatic carbocycles. The summed E-state index contributed by atoms with van der Waals surface area (Å²) >= 11 is 3.59. The van der Waals surface area contributed by atoms with Crippen molar-refractivity contribution in [3.8, 4) is 5.75 Å². The van der Waals surface area contributed by atoms with E-state index in [9.17, 15) is 0 Å². The smallest absolute Gasteiger partial charge is 0.138 e. The first kappa shape index (κ1) is 14.6. The largest absolute Gasteiger partial charge is 0.492 e. The predicted octanol–water partition coefficient (Wildman–Crippen LogP) is 3.23. The van der Waals surface area contributed by atoms with E-state index in [2.05, 4.69) is 42.9 Å². The zero-order valence-corrected chi connectivity index (χ0v) is 13.8. The van der Waals surface area contributed by atoms with Gasteiger partial charge in [-0.3, -0.25) is 0 Å². The van der Waals surface area contributed by atoms with Crippen molar-refractivity contribution >= 4 is 15.9 Å². The van der Waals surface area contributed by atoms with Crippen LogP contribution in [0.5, 0.6) is 5.75 Å². The first-order valence-electron chi connectivity index (χ1n) is 7.35. The Morgan fingerprint density at radius 2 is 2.38 bits per heavy atom. The Kier molecular flexibility index (Phi) is 4.60. The molecule has 2 aromatic rings. The van der Waals surface area contributed by atoms with Gasteiger partial charge in [0.15, 0.2) is 0 Å². The van der Waals surface area contributed by atoms with Gasteiger partial charge in [0.25, 0.3) is 0 Å². The third kappa shape index (κ3) is 3.30. The Bertz CT molecular complexity index is 611. The molecule has 0 unspecified atom stereocenters. The summed E-state index contributed by atoms with van der Waals surface area (Å²) in [6.45, 7) is 1.73. The molecule has 1 aromatic carbocycles. The van der Waals surface area contributed by atoms with Gasteiger partial charge < -0.3 is 14.6 Å². The van der Waals surface area contributed by atoms with Crippen LogP contribution in [0.1, 0.15) is 30.1 Å². The van der Waals surface area contributed by atoms with Crippen molar-refractivity contribution in [3.63, 3.8) is 0 Å². The molecule has 1 aliphatic heterocycles.